The van der Waals surface area contributed by atoms with Crippen LogP contribution in [0.2, 0.25) is 0 Å². The maximum atomic E-state index is 12.3. The van der Waals surface area contributed by atoms with E-state index in [1.807, 2.05) is 26.8 Å². The largest absolute Gasteiger partial charge is 0.493 e. The molecule has 0 saturated carbocycles. The van der Waals surface area contributed by atoms with Crippen molar-refractivity contribution in [1.29, 1.82) is 0 Å². The van der Waals surface area contributed by atoms with Crippen LogP contribution in [0.15, 0.2) is 17.8 Å². The Morgan fingerprint density at radius 3 is 2.62 bits per heavy atom. The van der Waals surface area contributed by atoms with Crippen LogP contribution in [0.25, 0.3) is 6.08 Å². The van der Waals surface area contributed by atoms with E-state index in [4.69, 9.17) is 9.47 Å². The van der Waals surface area contributed by atoms with Gasteiger partial charge in [0.15, 0.2) is 11.5 Å². The summed E-state index contributed by atoms with van der Waals surface area (Å²) in [5.41, 5.74) is 1.03. The molecule has 0 aromatic heterocycles. The number of benzene rings is 1. The number of urea groups is 1. The van der Waals surface area contributed by atoms with Gasteiger partial charge in [0.05, 0.1) is 16.8 Å². The maximum Gasteiger partial charge on any atom is 0.329 e. The molecule has 0 unspecified atom stereocenters. The van der Waals surface area contributed by atoms with Gasteiger partial charge in [-0.3, -0.25) is 9.69 Å². The lowest BCUT2D eigenvalue weighted by molar-refractivity contribution is -0.122. The summed E-state index contributed by atoms with van der Waals surface area (Å²) in [6.45, 7) is 6.22. The summed E-state index contributed by atoms with van der Waals surface area (Å²) in [7, 11) is 1.57. The third-order valence-electron chi connectivity index (χ3n) is 3.33. The van der Waals surface area contributed by atoms with Crippen LogP contribution in [0, 0.1) is 3.57 Å². The Bertz CT molecular complexity index is 685. The van der Waals surface area contributed by atoms with Gasteiger partial charge < -0.3 is 14.8 Å². The molecular weight excluding hydrogens is 423 g/mol. The van der Waals surface area contributed by atoms with E-state index in [0.717, 1.165) is 15.6 Å². The van der Waals surface area contributed by atoms with Crippen molar-refractivity contribution in [3.63, 3.8) is 0 Å². The molecule has 2 rings (SSSR count). The number of rotatable bonds is 6. The standard InChI is InChI=1S/C17H21IN2O4/c1-5-6-20-16(21)13(19-17(20)22)8-11-7-12(18)15(24-10(2)3)14(9-11)23-4/h7-10H,5-6H2,1-4H3,(H,19,22)/b13-8+. The van der Waals surface area contributed by atoms with Crippen LogP contribution >= 0.6 is 22.6 Å². The predicted molar refractivity (Wildman–Crippen MR) is 100.0 cm³/mol. The Hall–Kier alpha value is -1.77. The summed E-state index contributed by atoms with van der Waals surface area (Å²) in [4.78, 5) is 25.3. The fourth-order valence-corrected chi connectivity index (χ4v) is 3.09. The van der Waals surface area contributed by atoms with Crippen LogP contribution in [-0.4, -0.2) is 36.6 Å². The number of carbonyl (C=O) groups excluding carboxylic acids is 2. The average molecular weight is 444 g/mol. The van der Waals surface area contributed by atoms with Crippen molar-refractivity contribution in [1.82, 2.24) is 10.2 Å². The van der Waals surface area contributed by atoms with Gasteiger partial charge in [0, 0.05) is 6.54 Å². The van der Waals surface area contributed by atoms with Crippen LogP contribution in [0.3, 0.4) is 0 Å². The van der Waals surface area contributed by atoms with Gasteiger partial charge in [-0.1, -0.05) is 6.92 Å². The van der Waals surface area contributed by atoms with E-state index in [2.05, 4.69) is 27.9 Å². The molecule has 3 amide bonds. The summed E-state index contributed by atoms with van der Waals surface area (Å²) >= 11 is 2.16. The fourth-order valence-electron chi connectivity index (χ4n) is 2.34. The van der Waals surface area contributed by atoms with Crippen molar-refractivity contribution in [3.05, 3.63) is 27.0 Å². The first-order chi connectivity index (χ1) is 11.4. The Morgan fingerprint density at radius 1 is 1.33 bits per heavy atom. The number of hydrogen-bond donors (Lipinski definition) is 1. The van der Waals surface area contributed by atoms with E-state index in [1.165, 1.54) is 4.90 Å². The summed E-state index contributed by atoms with van der Waals surface area (Å²) < 4.78 is 12.0. The molecule has 6 nitrogen and oxygen atoms in total. The lowest BCUT2D eigenvalue weighted by Crippen LogP contribution is -2.31. The molecule has 1 aromatic carbocycles. The Labute approximate surface area is 155 Å². The second-order valence-corrected chi connectivity index (χ2v) is 6.81. The van der Waals surface area contributed by atoms with Crippen molar-refractivity contribution >= 4 is 40.6 Å². The molecule has 1 saturated heterocycles. The van der Waals surface area contributed by atoms with Crippen molar-refractivity contribution < 1.29 is 19.1 Å². The molecule has 1 aromatic rings. The molecule has 1 fully saturated rings. The molecule has 0 spiro atoms. The summed E-state index contributed by atoms with van der Waals surface area (Å²) in [5.74, 6) is 0.951. The highest BCUT2D eigenvalue weighted by Gasteiger charge is 2.32. The Balaban J connectivity index is 2.35. The van der Waals surface area contributed by atoms with Crippen LogP contribution in [0.4, 0.5) is 4.79 Å². The lowest BCUT2D eigenvalue weighted by atomic mass is 10.1. The number of hydrogen-bond acceptors (Lipinski definition) is 4. The highest BCUT2D eigenvalue weighted by Crippen LogP contribution is 2.35. The highest BCUT2D eigenvalue weighted by molar-refractivity contribution is 14.1. The number of amides is 3. The zero-order chi connectivity index (χ0) is 17.9. The van der Waals surface area contributed by atoms with Crippen molar-refractivity contribution in [3.8, 4) is 11.5 Å². The molecule has 1 N–H and O–H groups in total. The van der Waals surface area contributed by atoms with Gasteiger partial charge in [0.1, 0.15) is 5.70 Å². The zero-order valence-electron chi connectivity index (χ0n) is 14.2. The topological polar surface area (TPSA) is 67.9 Å². The van der Waals surface area contributed by atoms with Gasteiger partial charge in [-0.2, -0.15) is 0 Å². The molecular formula is C17H21IN2O4. The second kappa shape index (κ2) is 7.87. The molecule has 1 aliphatic rings. The van der Waals surface area contributed by atoms with Gasteiger partial charge in [-0.15, -0.1) is 0 Å². The molecule has 0 atom stereocenters. The summed E-state index contributed by atoms with van der Waals surface area (Å²) in [6.07, 6.45) is 2.40. The van der Waals surface area contributed by atoms with Gasteiger partial charge in [0.25, 0.3) is 5.91 Å². The minimum atomic E-state index is -0.380. The average Bonchev–Trinajstić information content (AvgIpc) is 2.77. The van der Waals surface area contributed by atoms with Crippen molar-refractivity contribution in [2.75, 3.05) is 13.7 Å². The second-order valence-electron chi connectivity index (χ2n) is 5.65. The Morgan fingerprint density at radius 2 is 2.04 bits per heavy atom. The number of methoxy groups -OCH3 is 1. The van der Waals surface area contributed by atoms with Crippen molar-refractivity contribution in [2.24, 2.45) is 0 Å². The van der Waals surface area contributed by atoms with Gasteiger partial charge in [-0.25, -0.2) is 4.79 Å². The third-order valence-corrected chi connectivity index (χ3v) is 4.13. The number of imide groups is 1. The minimum absolute atomic E-state index is 0.0231. The van der Waals surface area contributed by atoms with E-state index < -0.39 is 0 Å². The van der Waals surface area contributed by atoms with Crippen LogP contribution in [0.5, 0.6) is 11.5 Å². The Kier molecular flexibility index (Phi) is 6.09. The first kappa shape index (κ1) is 18.6. The summed E-state index contributed by atoms with van der Waals surface area (Å²) in [6, 6.07) is 3.29. The number of halogens is 1. The molecule has 0 bridgehead atoms. The predicted octanol–water partition coefficient (Wildman–Crippen LogP) is 3.39. The molecule has 7 heteroatoms. The molecule has 0 aliphatic carbocycles. The van der Waals surface area contributed by atoms with Gasteiger partial charge in [-0.05, 0) is 66.6 Å². The van der Waals surface area contributed by atoms with E-state index in [-0.39, 0.29) is 23.7 Å². The lowest BCUT2D eigenvalue weighted by Gasteiger charge is -2.16. The first-order valence-corrected chi connectivity index (χ1v) is 8.84. The summed E-state index contributed by atoms with van der Waals surface area (Å²) in [5, 5.41) is 2.61. The number of carbonyl (C=O) groups is 2. The van der Waals surface area contributed by atoms with Crippen LogP contribution < -0.4 is 14.8 Å². The maximum absolute atomic E-state index is 12.3. The molecule has 0 radical (unpaired) electrons. The number of nitrogens with one attached hydrogen (secondary N) is 1. The van der Waals surface area contributed by atoms with E-state index in [1.54, 1.807) is 19.3 Å². The normalized spacial score (nSPS) is 16.1. The zero-order valence-corrected chi connectivity index (χ0v) is 16.3. The van der Waals surface area contributed by atoms with E-state index >= 15 is 0 Å². The van der Waals surface area contributed by atoms with Gasteiger partial charge >= 0.3 is 6.03 Å². The fraction of sp³-hybridized carbons (Fsp3) is 0.412. The SMILES string of the molecule is CCCN1C(=O)N/C(=C/c2cc(I)c(OC(C)C)c(OC)c2)C1=O. The molecule has 1 aliphatic heterocycles. The van der Waals surface area contributed by atoms with Crippen LogP contribution in [-0.2, 0) is 4.79 Å². The smallest absolute Gasteiger partial charge is 0.329 e. The molecule has 24 heavy (non-hydrogen) atoms. The monoisotopic (exact) mass is 444 g/mol. The highest BCUT2D eigenvalue weighted by atomic mass is 127. The number of ether oxygens (including phenoxy) is 2. The van der Waals surface area contributed by atoms with Crippen LogP contribution in [0.1, 0.15) is 32.8 Å². The third kappa shape index (κ3) is 4.00. The quantitative estimate of drug-likeness (QED) is 0.415. The van der Waals surface area contributed by atoms with Crippen molar-refractivity contribution in [2.45, 2.75) is 33.3 Å². The molecule has 130 valence electrons. The van der Waals surface area contributed by atoms with E-state index in [0.29, 0.717) is 18.0 Å². The van der Waals surface area contributed by atoms with E-state index in [9.17, 15) is 9.59 Å². The number of nitrogens with zero attached hydrogens (tertiary/aromatic N) is 1. The minimum Gasteiger partial charge on any atom is -0.493 e. The molecule has 1 heterocycles. The van der Waals surface area contributed by atoms with Gasteiger partial charge in [0.2, 0.25) is 0 Å². The first-order valence-electron chi connectivity index (χ1n) is 7.76.